The maximum Gasteiger partial charge on any atom is 0.328 e. The molecule has 0 aliphatic rings. The normalized spacial score (nSPS) is 12.0. The highest BCUT2D eigenvalue weighted by molar-refractivity contribution is 5.85. The minimum absolute atomic E-state index is 0.0398. The number of rotatable bonds is 7. The summed E-state index contributed by atoms with van der Waals surface area (Å²) in [5.41, 5.74) is 1.35. The van der Waals surface area contributed by atoms with Crippen molar-refractivity contribution in [1.82, 2.24) is 10.3 Å². The van der Waals surface area contributed by atoms with Crippen molar-refractivity contribution in [2.24, 2.45) is 5.92 Å². The van der Waals surface area contributed by atoms with Gasteiger partial charge in [0.05, 0.1) is 18.7 Å². The van der Waals surface area contributed by atoms with Crippen molar-refractivity contribution in [2.45, 2.75) is 33.2 Å². The maximum absolute atomic E-state index is 12.0. The summed E-state index contributed by atoms with van der Waals surface area (Å²) in [6, 6.07) is 8.73. The zero-order valence-electron chi connectivity index (χ0n) is 14.1. The molecular formula is C18H22N2O4. The number of carbonyl (C=O) groups is 2. The summed E-state index contributed by atoms with van der Waals surface area (Å²) in [5, 5.41) is 2.61. The third-order valence-electron chi connectivity index (χ3n) is 3.20. The first kappa shape index (κ1) is 17.7. The zero-order valence-corrected chi connectivity index (χ0v) is 14.1. The fourth-order valence-electron chi connectivity index (χ4n) is 1.99. The van der Waals surface area contributed by atoms with Gasteiger partial charge in [-0.25, -0.2) is 9.78 Å². The lowest BCUT2D eigenvalue weighted by atomic mass is 10.2. The van der Waals surface area contributed by atoms with E-state index in [-0.39, 0.29) is 18.2 Å². The van der Waals surface area contributed by atoms with Crippen LogP contribution >= 0.6 is 0 Å². The van der Waals surface area contributed by atoms with Crippen molar-refractivity contribution in [2.75, 3.05) is 6.61 Å². The molecule has 0 spiro atoms. The summed E-state index contributed by atoms with van der Waals surface area (Å²) in [6.45, 7) is 5.83. The van der Waals surface area contributed by atoms with Crippen LogP contribution in [0, 0.1) is 5.92 Å². The van der Waals surface area contributed by atoms with Gasteiger partial charge in [0, 0.05) is 5.56 Å². The number of amides is 1. The molecule has 1 heterocycles. The van der Waals surface area contributed by atoms with Gasteiger partial charge in [-0.2, -0.15) is 0 Å². The van der Waals surface area contributed by atoms with Gasteiger partial charge in [-0.15, -0.1) is 0 Å². The van der Waals surface area contributed by atoms with Gasteiger partial charge in [0.1, 0.15) is 12.3 Å². The van der Waals surface area contributed by atoms with Crippen LogP contribution in [0.4, 0.5) is 0 Å². The van der Waals surface area contributed by atoms with E-state index in [0.717, 1.165) is 5.56 Å². The molecule has 0 saturated heterocycles. The number of carbonyl (C=O) groups excluding carboxylic acids is 2. The number of esters is 1. The summed E-state index contributed by atoms with van der Waals surface area (Å²) in [6.07, 6.45) is 1.49. The second-order valence-corrected chi connectivity index (χ2v) is 6.00. The molecule has 1 unspecified atom stereocenters. The van der Waals surface area contributed by atoms with Gasteiger partial charge in [0.2, 0.25) is 11.8 Å². The van der Waals surface area contributed by atoms with Crippen LogP contribution in [0.3, 0.4) is 0 Å². The summed E-state index contributed by atoms with van der Waals surface area (Å²) in [4.78, 5) is 28.1. The number of aromatic nitrogens is 1. The fraction of sp³-hybridized carbons (Fsp3) is 0.389. The Morgan fingerprint density at radius 1 is 1.21 bits per heavy atom. The standard InChI is InChI=1S/C18H22N2O4/c1-12(2)10-24-18(22)13(3)19-16(21)9-15-11-23-17(20-15)14-7-5-4-6-8-14/h4-8,11-13H,9-10H2,1-3H3,(H,19,21). The van der Waals surface area contributed by atoms with Gasteiger partial charge < -0.3 is 14.5 Å². The highest BCUT2D eigenvalue weighted by Crippen LogP contribution is 2.18. The number of nitrogens with one attached hydrogen (secondary N) is 1. The van der Waals surface area contributed by atoms with Crippen LogP contribution < -0.4 is 5.32 Å². The Balaban J connectivity index is 1.86. The van der Waals surface area contributed by atoms with Crippen molar-refractivity contribution in [3.63, 3.8) is 0 Å². The van der Waals surface area contributed by atoms with Crippen LogP contribution in [0.25, 0.3) is 11.5 Å². The molecule has 6 heteroatoms. The smallest absolute Gasteiger partial charge is 0.328 e. The SMILES string of the molecule is CC(C)COC(=O)C(C)NC(=O)Cc1coc(-c2ccccc2)n1. The summed E-state index contributed by atoms with van der Waals surface area (Å²) in [5.74, 6) is -0.0368. The molecule has 128 valence electrons. The molecule has 6 nitrogen and oxygen atoms in total. The monoisotopic (exact) mass is 330 g/mol. The quantitative estimate of drug-likeness (QED) is 0.789. The second kappa shape index (κ2) is 8.29. The van der Waals surface area contributed by atoms with E-state index in [4.69, 9.17) is 9.15 Å². The molecule has 24 heavy (non-hydrogen) atoms. The van der Waals surface area contributed by atoms with Crippen LogP contribution in [0.1, 0.15) is 26.5 Å². The lowest BCUT2D eigenvalue weighted by Gasteiger charge is -2.14. The first-order valence-electron chi connectivity index (χ1n) is 7.91. The minimum Gasteiger partial charge on any atom is -0.464 e. The van der Waals surface area contributed by atoms with Crippen LogP contribution in [0.2, 0.25) is 0 Å². The zero-order chi connectivity index (χ0) is 17.5. The molecule has 1 atom stereocenters. The van der Waals surface area contributed by atoms with E-state index in [1.807, 2.05) is 44.2 Å². The van der Waals surface area contributed by atoms with Crippen molar-refractivity contribution >= 4 is 11.9 Å². The van der Waals surface area contributed by atoms with Crippen LogP contribution in [0.5, 0.6) is 0 Å². The summed E-state index contributed by atoms with van der Waals surface area (Å²) >= 11 is 0. The third-order valence-corrected chi connectivity index (χ3v) is 3.20. The van der Waals surface area contributed by atoms with Crippen molar-refractivity contribution < 1.29 is 18.7 Å². The van der Waals surface area contributed by atoms with Gasteiger partial charge in [-0.3, -0.25) is 4.79 Å². The van der Waals surface area contributed by atoms with E-state index >= 15 is 0 Å². The molecule has 0 bridgehead atoms. The molecule has 2 rings (SSSR count). The van der Waals surface area contributed by atoms with Gasteiger partial charge in [0.25, 0.3) is 0 Å². The van der Waals surface area contributed by atoms with Crippen LogP contribution in [-0.4, -0.2) is 29.5 Å². The highest BCUT2D eigenvalue weighted by Gasteiger charge is 2.18. The Morgan fingerprint density at radius 3 is 2.58 bits per heavy atom. The summed E-state index contributed by atoms with van der Waals surface area (Å²) < 4.78 is 10.5. The molecule has 0 aliphatic heterocycles. The molecule has 2 aromatic rings. The van der Waals surface area contributed by atoms with Gasteiger partial charge in [0.15, 0.2) is 0 Å². The van der Waals surface area contributed by atoms with E-state index in [1.165, 1.54) is 6.26 Å². The molecule has 0 radical (unpaired) electrons. The molecule has 0 saturated carbocycles. The highest BCUT2D eigenvalue weighted by atomic mass is 16.5. The molecular weight excluding hydrogens is 308 g/mol. The summed E-state index contributed by atoms with van der Waals surface area (Å²) in [7, 11) is 0. The Bertz CT molecular complexity index is 679. The molecule has 1 N–H and O–H groups in total. The van der Waals surface area contributed by atoms with Crippen molar-refractivity contribution in [1.29, 1.82) is 0 Å². The molecule has 0 fully saturated rings. The topological polar surface area (TPSA) is 81.4 Å². The van der Waals surface area contributed by atoms with Crippen LogP contribution in [0.15, 0.2) is 41.0 Å². The minimum atomic E-state index is -0.697. The fourth-order valence-corrected chi connectivity index (χ4v) is 1.99. The molecule has 1 aromatic heterocycles. The first-order valence-corrected chi connectivity index (χ1v) is 7.91. The molecule has 1 amide bonds. The molecule has 1 aromatic carbocycles. The number of hydrogen-bond acceptors (Lipinski definition) is 5. The Morgan fingerprint density at radius 2 is 1.92 bits per heavy atom. The van der Waals surface area contributed by atoms with Gasteiger partial charge in [-0.05, 0) is 25.0 Å². The van der Waals surface area contributed by atoms with E-state index in [0.29, 0.717) is 18.2 Å². The number of oxazole rings is 1. The first-order chi connectivity index (χ1) is 11.5. The van der Waals surface area contributed by atoms with Crippen molar-refractivity contribution in [3.05, 3.63) is 42.3 Å². The predicted octanol–water partition coefficient (Wildman–Crippen LogP) is 2.59. The third kappa shape index (κ3) is 5.22. The maximum atomic E-state index is 12.0. The Hall–Kier alpha value is -2.63. The van der Waals surface area contributed by atoms with Crippen molar-refractivity contribution in [3.8, 4) is 11.5 Å². The second-order valence-electron chi connectivity index (χ2n) is 6.00. The average molecular weight is 330 g/mol. The number of hydrogen-bond donors (Lipinski definition) is 1. The lowest BCUT2D eigenvalue weighted by molar-refractivity contribution is -0.148. The van der Waals surface area contributed by atoms with E-state index in [2.05, 4.69) is 10.3 Å². The van der Waals surface area contributed by atoms with Gasteiger partial charge in [-0.1, -0.05) is 32.0 Å². The van der Waals surface area contributed by atoms with Gasteiger partial charge >= 0.3 is 5.97 Å². The number of nitrogens with zero attached hydrogens (tertiary/aromatic N) is 1. The average Bonchev–Trinajstić information content (AvgIpc) is 3.01. The van der Waals surface area contributed by atoms with E-state index in [9.17, 15) is 9.59 Å². The Labute approximate surface area is 141 Å². The lowest BCUT2D eigenvalue weighted by Crippen LogP contribution is -2.40. The van der Waals surface area contributed by atoms with E-state index in [1.54, 1.807) is 6.92 Å². The van der Waals surface area contributed by atoms with E-state index < -0.39 is 12.0 Å². The molecule has 0 aliphatic carbocycles. The van der Waals surface area contributed by atoms with Crippen LogP contribution in [-0.2, 0) is 20.7 Å². The predicted molar refractivity (Wildman–Crippen MR) is 89.0 cm³/mol. The Kier molecular flexibility index (Phi) is 6.12. The number of benzene rings is 1. The largest absolute Gasteiger partial charge is 0.464 e. The number of ether oxygens (including phenoxy) is 1.